The van der Waals surface area contributed by atoms with Crippen LogP contribution < -0.4 is 5.73 Å². The minimum Gasteiger partial charge on any atom is -0.341 e. The highest BCUT2D eigenvalue weighted by Gasteiger charge is 2.37. The number of nitrogens with two attached hydrogens (primary N) is 1. The molecule has 1 fully saturated rings. The number of amides is 1. The Morgan fingerprint density at radius 1 is 1.44 bits per heavy atom. The minimum absolute atomic E-state index is 0.0925. The molecule has 0 aliphatic carbocycles. The number of hydrogen-bond donors (Lipinski definition) is 1. The lowest BCUT2D eigenvalue weighted by Crippen LogP contribution is -2.51. The van der Waals surface area contributed by atoms with E-state index in [4.69, 9.17) is 5.73 Å². The molecule has 0 unspecified atom stereocenters. The number of hydrogen-bond acceptors (Lipinski definition) is 2. The molecule has 16 heavy (non-hydrogen) atoms. The zero-order valence-corrected chi connectivity index (χ0v) is 9.88. The Morgan fingerprint density at radius 3 is 2.38 bits per heavy atom. The van der Waals surface area contributed by atoms with Crippen LogP contribution in [0.3, 0.4) is 0 Å². The molecular formula is C11H20F2N2O. The molecule has 2 atom stereocenters. The van der Waals surface area contributed by atoms with Gasteiger partial charge in [0.15, 0.2) is 0 Å². The van der Waals surface area contributed by atoms with Gasteiger partial charge in [-0.25, -0.2) is 8.78 Å². The number of halogens is 2. The molecule has 0 bridgehead atoms. The fraction of sp³-hybridized carbons (Fsp3) is 0.909. The van der Waals surface area contributed by atoms with E-state index in [2.05, 4.69) is 0 Å². The average molecular weight is 234 g/mol. The maximum atomic E-state index is 12.9. The first-order valence-corrected chi connectivity index (χ1v) is 5.79. The second kappa shape index (κ2) is 5.08. The predicted molar refractivity (Wildman–Crippen MR) is 58.2 cm³/mol. The Bertz CT molecular complexity index is 248. The van der Waals surface area contributed by atoms with E-state index in [1.54, 1.807) is 0 Å². The monoisotopic (exact) mass is 234 g/mol. The predicted octanol–water partition coefficient (Wildman–Crippen LogP) is 1.62. The van der Waals surface area contributed by atoms with Crippen LogP contribution in [0.5, 0.6) is 0 Å². The fourth-order valence-electron chi connectivity index (χ4n) is 1.76. The maximum Gasteiger partial charge on any atom is 0.251 e. The number of carbonyl (C=O) groups excluding carboxylic acids is 1. The zero-order chi connectivity index (χ0) is 12.3. The van der Waals surface area contributed by atoms with Crippen molar-refractivity contribution >= 4 is 5.91 Å². The Hall–Kier alpha value is -0.710. The minimum atomic E-state index is -2.61. The molecule has 0 aromatic carbocycles. The van der Waals surface area contributed by atoms with Crippen LogP contribution in [0.1, 0.15) is 33.1 Å². The first kappa shape index (κ1) is 13.4. The normalized spacial score (nSPS) is 23.9. The van der Waals surface area contributed by atoms with Crippen LogP contribution in [0, 0.1) is 5.92 Å². The highest BCUT2D eigenvalue weighted by molar-refractivity contribution is 5.82. The van der Waals surface area contributed by atoms with Gasteiger partial charge in [-0.15, -0.1) is 0 Å². The molecule has 1 aliphatic heterocycles. The third-order valence-electron chi connectivity index (χ3n) is 3.35. The lowest BCUT2D eigenvalue weighted by Gasteiger charge is -2.34. The van der Waals surface area contributed by atoms with E-state index in [0.29, 0.717) is 0 Å². The van der Waals surface area contributed by atoms with Crippen molar-refractivity contribution in [2.24, 2.45) is 11.7 Å². The molecule has 0 radical (unpaired) electrons. The third-order valence-corrected chi connectivity index (χ3v) is 3.35. The lowest BCUT2D eigenvalue weighted by molar-refractivity contribution is -0.139. The Kier molecular flexibility index (Phi) is 4.24. The Labute approximate surface area is 95.0 Å². The van der Waals surface area contributed by atoms with Crippen molar-refractivity contribution in [2.75, 3.05) is 13.1 Å². The second-order valence-electron chi connectivity index (χ2n) is 4.59. The topological polar surface area (TPSA) is 46.3 Å². The first-order chi connectivity index (χ1) is 7.37. The van der Waals surface area contributed by atoms with E-state index in [-0.39, 0.29) is 37.8 Å². The summed E-state index contributed by atoms with van der Waals surface area (Å²) in [4.78, 5) is 13.3. The molecule has 94 valence electrons. The summed E-state index contributed by atoms with van der Waals surface area (Å²) < 4.78 is 25.8. The van der Waals surface area contributed by atoms with Crippen molar-refractivity contribution < 1.29 is 13.6 Å². The Balaban J connectivity index is 2.50. The molecular weight excluding hydrogens is 214 g/mol. The van der Waals surface area contributed by atoms with E-state index in [0.717, 1.165) is 6.42 Å². The van der Waals surface area contributed by atoms with Gasteiger partial charge in [-0.1, -0.05) is 20.3 Å². The largest absolute Gasteiger partial charge is 0.341 e. The van der Waals surface area contributed by atoms with Crippen LogP contribution in [-0.2, 0) is 4.79 Å². The van der Waals surface area contributed by atoms with E-state index in [9.17, 15) is 13.6 Å². The van der Waals surface area contributed by atoms with E-state index < -0.39 is 12.0 Å². The van der Waals surface area contributed by atoms with Gasteiger partial charge in [-0.05, 0) is 5.92 Å². The number of alkyl halides is 2. The standard InChI is InChI=1S/C11H20F2N2O/c1-3-8(2)9(14)10(16)15-6-4-11(12,13)5-7-15/h8-9H,3-7,14H2,1-2H3/t8-,9-/m0/s1. The van der Waals surface area contributed by atoms with Crippen LogP contribution in [0.2, 0.25) is 0 Å². The van der Waals surface area contributed by atoms with Crippen LogP contribution in [0.4, 0.5) is 8.78 Å². The van der Waals surface area contributed by atoms with Gasteiger partial charge >= 0.3 is 0 Å². The van der Waals surface area contributed by atoms with Crippen molar-refractivity contribution in [3.8, 4) is 0 Å². The number of piperidine rings is 1. The summed E-state index contributed by atoms with van der Waals surface area (Å²) in [7, 11) is 0. The van der Waals surface area contributed by atoms with Gasteiger partial charge < -0.3 is 10.6 Å². The fourth-order valence-corrected chi connectivity index (χ4v) is 1.76. The molecule has 5 heteroatoms. The van der Waals surface area contributed by atoms with Crippen molar-refractivity contribution in [1.29, 1.82) is 0 Å². The van der Waals surface area contributed by atoms with Crippen LogP contribution in [0.15, 0.2) is 0 Å². The van der Waals surface area contributed by atoms with E-state index in [1.807, 2.05) is 13.8 Å². The van der Waals surface area contributed by atoms with Crippen molar-refractivity contribution in [3.63, 3.8) is 0 Å². The van der Waals surface area contributed by atoms with Crippen molar-refractivity contribution in [3.05, 3.63) is 0 Å². The number of carbonyl (C=O) groups is 1. The third kappa shape index (κ3) is 3.14. The molecule has 3 nitrogen and oxygen atoms in total. The van der Waals surface area contributed by atoms with Crippen molar-refractivity contribution in [2.45, 2.75) is 45.1 Å². The van der Waals surface area contributed by atoms with Gasteiger partial charge in [0.05, 0.1) is 6.04 Å². The highest BCUT2D eigenvalue weighted by Crippen LogP contribution is 2.28. The molecule has 0 saturated carbocycles. The van der Waals surface area contributed by atoms with Gasteiger partial charge in [0.1, 0.15) is 0 Å². The molecule has 0 spiro atoms. The molecule has 1 amide bonds. The summed E-state index contributed by atoms with van der Waals surface area (Å²) in [5.74, 6) is -2.71. The first-order valence-electron chi connectivity index (χ1n) is 5.79. The molecule has 0 aromatic heterocycles. The van der Waals surface area contributed by atoms with Crippen LogP contribution >= 0.6 is 0 Å². The molecule has 0 aromatic rings. The molecule has 1 rings (SSSR count). The van der Waals surface area contributed by atoms with Crippen molar-refractivity contribution in [1.82, 2.24) is 4.90 Å². The van der Waals surface area contributed by atoms with Crippen LogP contribution in [-0.4, -0.2) is 35.9 Å². The molecule has 1 heterocycles. The average Bonchev–Trinajstić information content (AvgIpc) is 2.26. The maximum absolute atomic E-state index is 12.9. The van der Waals surface area contributed by atoms with Gasteiger partial charge in [0, 0.05) is 25.9 Å². The van der Waals surface area contributed by atoms with E-state index in [1.165, 1.54) is 4.90 Å². The van der Waals surface area contributed by atoms with Gasteiger partial charge in [0.2, 0.25) is 5.91 Å². The summed E-state index contributed by atoms with van der Waals surface area (Å²) in [6, 6.07) is -0.559. The van der Waals surface area contributed by atoms with Gasteiger partial charge in [-0.3, -0.25) is 4.79 Å². The SMILES string of the molecule is CC[C@H](C)[C@H](N)C(=O)N1CCC(F)(F)CC1. The molecule has 1 aliphatic rings. The summed E-state index contributed by atoms with van der Waals surface area (Å²) in [6.07, 6.45) is 0.328. The number of likely N-dealkylation sites (tertiary alicyclic amines) is 1. The summed E-state index contributed by atoms with van der Waals surface area (Å²) in [5.41, 5.74) is 5.79. The van der Waals surface area contributed by atoms with Crippen LogP contribution in [0.25, 0.3) is 0 Å². The quantitative estimate of drug-likeness (QED) is 0.806. The van der Waals surface area contributed by atoms with Gasteiger partial charge in [-0.2, -0.15) is 0 Å². The highest BCUT2D eigenvalue weighted by atomic mass is 19.3. The Morgan fingerprint density at radius 2 is 1.94 bits per heavy atom. The second-order valence-corrected chi connectivity index (χ2v) is 4.59. The lowest BCUT2D eigenvalue weighted by atomic mass is 9.97. The summed E-state index contributed by atoms with van der Waals surface area (Å²) >= 11 is 0. The zero-order valence-electron chi connectivity index (χ0n) is 9.88. The molecule has 2 N–H and O–H groups in total. The van der Waals surface area contributed by atoms with E-state index >= 15 is 0 Å². The smallest absolute Gasteiger partial charge is 0.251 e. The number of rotatable bonds is 3. The summed E-state index contributed by atoms with van der Waals surface area (Å²) in [6.45, 7) is 4.11. The van der Waals surface area contributed by atoms with Gasteiger partial charge in [0.25, 0.3) is 5.92 Å². The summed E-state index contributed by atoms with van der Waals surface area (Å²) in [5, 5.41) is 0. The number of nitrogens with zero attached hydrogens (tertiary/aromatic N) is 1. The molecule has 1 saturated heterocycles.